The highest BCUT2D eigenvalue weighted by Crippen LogP contribution is 2.30. The second kappa shape index (κ2) is 7.57. The molecule has 3 heterocycles. The van der Waals surface area contributed by atoms with Crippen LogP contribution in [-0.4, -0.2) is 20.7 Å². The Hall–Kier alpha value is -2.97. The first-order valence-electron chi connectivity index (χ1n) is 8.44. The molecular formula is C19H15ClN4O3S. The summed E-state index contributed by atoms with van der Waals surface area (Å²) in [6.07, 6.45) is 1.53. The van der Waals surface area contributed by atoms with Crippen LogP contribution in [0.2, 0.25) is 5.02 Å². The Balaban J connectivity index is 1.70. The molecule has 142 valence electrons. The number of hydrogen-bond donors (Lipinski definition) is 1. The fraction of sp³-hybridized carbons (Fsp3) is 0.158. The minimum atomic E-state index is -0.398. The third-order valence-corrected chi connectivity index (χ3v) is 5.29. The van der Waals surface area contributed by atoms with E-state index in [-0.39, 0.29) is 19.0 Å². The van der Waals surface area contributed by atoms with E-state index in [4.69, 9.17) is 16.0 Å². The van der Waals surface area contributed by atoms with E-state index in [9.17, 15) is 9.59 Å². The van der Waals surface area contributed by atoms with Gasteiger partial charge in [0.1, 0.15) is 18.0 Å². The number of nitrogens with zero attached hydrogens (tertiary/aromatic N) is 3. The van der Waals surface area contributed by atoms with Gasteiger partial charge < -0.3 is 9.73 Å². The van der Waals surface area contributed by atoms with Crippen molar-refractivity contribution in [3.05, 3.63) is 68.8 Å². The molecule has 0 fully saturated rings. The standard InChI is InChI=1S/C19H15ClN4O3S/c1-11-22-17-18(28-11)16(12-4-6-13(20)7-5-12)23-24(19(17)26)10-15(25)21-9-14-3-2-8-27-14/h2-8H,9-10H2,1H3,(H,21,25). The lowest BCUT2D eigenvalue weighted by molar-refractivity contribution is -0.122. The Kier molecular flexibility index (Phi) is 4.97. The maximum Gasteiger partial charge on any atom is 0.294 e. The zero-order valence-corrected chi connectivity index (χ0v) is 16.4. The summed E-state index contributed by atoms with van der Waals surface area (Å²) in [6.45, 7) is 1.85. The molecule has 1 aromatic carbocycles. The number of fused-ring (bicyclic) bond motifs is 1. The summed E-state index contributed by atoms with van der Waals surface area (Å²) in [5.41, 5.74) is 1.30. The normalized spacial score (nSPS) is 11.1. The molecule has 3 aromatic heterocycles. The minimum absolute atomic E-state index is 0.216. The number of furan rings is 1. The van der Waals surface area contributed by atoms with Crippen molar-refractivity contribution in [2.24, 2.45) is 0 Å². The first kappa shape index (κ1) is 18.4. The van der Waals surface area contributed by atoms with Gasteiger partial charge in [0.2, 0.25) is 5.91 Å². The first-order chi connectivity index (χ1) is 13.5. The van der Waals surface area contributed by atoms with Crippen molar-refractivity contribution < 1.29 is 9.21 Å². The van der Waals surface area contributed by atoms with Gasteiger partial charge in [-0.05, 0) is 31.2 Å². The number of benzene rings is 1. The summed E-state index contributed by atoms with van der Waals surface area (Å²) in [5.74, 6) is 0.278. The Morgan fingerprint density at radius 1 is 1.29 bits per heavy atom. The first-order valence-corrected chi connectivity index (χ1v) is 9.64. The van der Waals surface area contributed by atoms with Crippen LogP contribution >= 0.6 is 22.9 Å². The number of nitrogens with one attached hydrogen (secondary N) is 1. The van der Waals surface area contributed by atoms with Crippen molar-refractivity contribution in [2.75, 3.05) is 0 Å². The number of carbonyl (C=O) groups is 1. The van der Waals surface area contributed by atoms with Crippen molar-refractivity contribution in [3.63, 3.8) is 0 Å². The van der Waals surface area contributed by atoms with Crippen LogP contribution < -0.4 is 10.9 Å². The average Bonchev–Trinajstić information content (AvgIpc) is 3.33. The van der Waals surface area contributed by atoms with Crippen molar-refractivity contribution in [1.29, 1.82) is 0 Å². The molecule has 0 aliphatic rings. The molecule has 0 aliphatic heterocycles. The SMILES string of the molecule is Cc1nc2c(=O)n(CC(=O)NCc3ccco3)nc(-c3ccc(Cl)cc3)c2s1. The summed E-state index contributed by atoms with van der Waals surface area (Å²) in [4.78, 5) is 29.4. The maximum atomic E-state index is 12.8. The summed E-state index contributed by atoms with van der Waals surface area (Å²) in [7, 11) is 0. The molecule has 4 rings (SSSR count). The Labute approximate surface area is 168 Å². The highest BCUT2D eigenvalue weighted by atomic mass is 35.5. The van der Waals surface area contributed by atoms with Crippen LogP contribution in [0.1, 0.15) is 10.8 Å². The molecule has 0 saturated heterocycles. The smallest absolute Gasteiger partial charge is 0.294 e. The summed E-state index contributed by atoms with van der Waals surface area (Å²) >= 11 is 7.37. The molecule has 28 heavy (non-hydrogen) atoms. The lowest BCUT2D eigenvalue weighted by Gasteiger charge is -2.09. The van der Waals surface area contributed by atoms with E-state index in [2.05, 4.69) is 15.4 Å². The van der Waals surface area contributed by atoms with Gasteiger partial charge >= 0.3 is 0 Å². The van der Waals surface area contributed by atoms with Gasteiger partial charge in [0.05, 0.1) is 22.5 Å². The molecule has 0 saturated carbocycles. The largest absolute Gasteiger partial charge is 0.467 e. The van der Waals surface area contributed by atoms with E-state index in [1.165, 1.54) is 17.6 Å². The Bertz CT molecular complexity index is 1200. The zero-order chi connectivity index (χ0) is 19.7. The van der Waals surface area contributed by atoms with Gasteiger partial charge in [0.25, 0.3) is 5.56 Å². The topological polar surface area (TPSA) is 90.0 Å². The van der Waals surface area contributed by atoms with Gasteiger partial charge in [0.15, 0.2) is 5.52 Å². The Morgan fingerprint density at radius 3 is 2.79 bits per heavy atom. The summed E-state index contributed by atoms with van der Waals surface area (Å²) < 4.78 is 7.02. The van der Waals surface area contributed by atoms with Gasteiger partial charge in [-0.2, -0.15) is 5.10 Å². The van der Waals surface area contributed by atoms with Crippen LogP contribution in [0.25, 0.3) is 21.5 Å². The van der Waals surface area contributed by atoms with Gasteiger partial charge in [-0.3, -0.25) is 9.59 Å². The quantitative estimate of drug-likeness (QED) is 0.540. The zero-order valence-electron chi connectivity index (χ0n) is 14.8. The molecule has 0 radical (unpaired) electrons. The highest BCUT2D eigenvalue weighted by molar-refractivity contribution is 7.19. The van der Waals surface area contributed by atoms with E-state index in [0.717, 1.165) is 15.3 Å². The number of carbonyl (C=O) groups excluding carboxylic acids is 1. The molecular weight excluding hydrogens is 400 g/mol. The number of aromatic nitrogens is 3. The lowest BCUT2D eigenvalue weighted by Crippen LogP contribution is -2.33. The van der Waals surface area contributed by atoms with Crippen LogP contribution in [0.3, 0.4) is 0 Å². The fourth-order valence-corrected chi connectivity index (χ4v) is 3.80. The van der Waals surface area contributed by atoms with Crippen LogP contribution in [0.15, 0.2) is 51.9 Å². The van der Waals surface area contributed by atoms with Gasteiger partial charge in [-0.15, -0.1) is 11.3 Å². The van der Waals surface area contributed by atoms with Crippen molar-refractivity contribution in [3.8, 4) is 11.3 Å². The molecule has 0 spiro atoms. The fourth-order valence-electron chi connectivity index (χ4n) is 2.76. The maximum absolute atomic E-state index is 12.8. The molecule has 1 amide bonds. The van der Waals surface area contributed by atoms with Crippen LogP contribution in [-0.2, 0) is 17.9 Å². The van der Waals surface area contributed by atoms with E-state index >= 15 is 0 Å². The number of halogens is 1. The van der Waals surface area contributed by atoms with E-state index in [1.54, 1.807) is 24.3 Å². The molecule has 9 heteroatoms. The lowest BCUT2D eigenvalue weighted by atomic mass is 10.1. The average molecular weight is 415 g/mol. The molecule has 1 N–H and O–H groups in total. The second-order valence-corrected chi connectivity index (χ2v) is 7.72. The van der Waals surface area contributed by atoms with Gasteiger partial charge in [-0.25, -0.2) is 9.67 Å². The second-order valence-electron chi connectivity index (χ2n) is 6.09. The van der Waals surface area contributed by atoms with Crippen LogP contribution in [0.5, 0.6) is 0 Å². The van der Waals surface area contributed by atoms with E-state index in [0.29, 0.717) is 26.7 Å². The highest BCUT2D eigenvalue weighted by Gasteiger charge is 2.18. The number of thiazole rings is 1. The monoisotopic (exact) mass is 414 g/mol. The summed E-state index contributed by atoms with van der Waals surface area (Å²) in [6, 6.07) is 10.7. The summed E-state index contributed by atoms with van der Waals surface area (Å²) in [5, 5.41) is 8.52. The number of amides is 1. The van der Waals surface area contributed by atoms with Crippen molar-refractivity contribution in [2.45, 2.75) is 20.0 Å². The van der Waals surface area contributed by atoms with Crippen LogP contribution in [0.4, 0.5) is 0 Å². The number of hydrogen-bond acceptors (Lipinski definition) is 6. The molecule has 4 aromatic rings. The van der Waals surface area contributed by atoms with Crippen molar-refractivity contribution in [1.82, 2.24) is 20.1 Å². The predicted octanol–water partition coefficient (Wildman–Crippen LogP) is 3.39. The van der Waals surface area contributed by atoms with E-state index < -0.39 is 5.56 Å². The van der Waals surface area contributed by atoms with Crippen molar-refractivity contribution >= 4 is 39.1 Å². The molecule has 0 aliphatic carbocycles. The number of aryl methyl sites for hydroxylation is 1. The third kappa shape index (κ3) is 3.69. The molecule has 7 nitrogen and oxygen atoms in total. The Morgan fingerprint density at radius 2 is 2.07 bits per heavy atom. The molecule has 0 atom stereocenters. The van der Waals surface area contributed by atoms with E-state index in [1.807, 2.05) is 19.1 Å². The third-order valence-electron chi connectivity index (χ3n) is 4.06. The van der Waals surface area contributed by atoms with Crippen LogP contribution in [0, 0.1) is 6.92 Å². The van der Waals surface area contributed by atoms with Gasteiger partial charge in [0, 0.05) is 10.6 Å². The molecule has 0 bridgehead atoms. The predicted molar refractivity (Wildman–Crippen MR) is 107 cm³/mol. The number of rotatable bonds is 5. The van der Waals surface area contributed by atoms with Gasteiger partial charge in [-0.1, -0.05) is 23.7 Å². The molecule has 0 unspecified atom stereocenters. The minimum Gasteiger partial charge on any atom is -0.467 e.